The number of nitro benzene ring substituents is 2. The molecule has 10 heteroatoms. The van der Waals surface area contributed by atoms with Crippen LogP contribution in [-0.2, 0) is 11.4 Å². The molecule has 86 valence electrons. The summed E-state index contributed by atoms with van der Waals surface area (Å²) in [6, 6.07) is 2.45. The van der Waals surface area contributed by atoms with Gasteiger partial charge in [0.2, 0.25) is 5.75 Å². The minimum absolute atomic E-state index is 0.511. The molecule has 1 N–H and O–H groups in total. The average molecular weight is 248 g/mol. The lowest BCUT2D eigenvalue weighted by atomic mass is 10.2. The van der Waals surface area contributed by atoms with Crippen LogP contribution in [-0.4, -0.2) is 18.6 Å². The number of hydrogen-bond donors (Lipinski definition) is 1. The second kappa shape index (κ2) is 4.63. The smallest absolute Gasteiger partial charge is 0.357 e. The second-order valence-corrected chi connectivity index (χ2v) is 3.07. The molecule has 0 amide bonds. The van der Waals surface area contributed by atoms with Gasteiger partial charge in [-0.05, 0) is 6.07 Å². The number of non-ortho nitro benzene ring substituents is 1. The van der Waals surface area contributed by atoms with Crippen LogP contribution in [0.15, 0.2) is 18.2 Å². The van der Waals surface area contributed by atoms with Crippen molar-refractivity contribution in [3.8, 4) is 5.75 Å². The number of nitrogens with zero attached hydrogens (tertiary/aromatic N) is 2. The maximum absolute atomic E-state index is 10.5. The fourth-order valence-corrected chi connectivity index (χ4v) is 1.20. The number of hydrogen-bond acceptors (Lipinski definition) is 6. The van der Waals surface area contributed by atoms with Gasteiger partial charge in [-0.25, -0.2) is 0 Å². The lowest BCUT2D eigenvalue weighted by molar-refractivity contribution is -0.394. The third kappa shape index (κ3) is 2.71. The Hall–Kier alpha value is -2.07. The summed E-state index contributed by atoms with van der Waals surface area (Å²) in [5.41, 5.74) is -1.26. The van der Waals surface area contributed by atoms with Crippen molar-refractivity contribution in [3.63, 3.8) is 0 Å². The van der Waals surface area contributed by atoms with Crippen LogP contribution in [0.3, 0.4) is 0 Å². The first-order chi connectivity index (χ1) is 7.41. The highest BCUT2D eigenvalue weighted by molar-refractivity contribution is 7.74. The molecule has 0 saturated carbocycles. The number of nitro groups is 2. The van der Waals surface area contributed by atoms with Gasteiger partial charge in [-0.3, -0.25) is 24.8 Å². The monoisotopic (exact) mass is 248 g/mol. The van der Waals surface area contributed by atoms with Crippen LogP contribution >= 0.6 is 0 Å². The fourth-order valence-electron chi connectivity index (χ4n) is 0.909. The lowest BCUT2D eigenvalue weighted by Gasteiger charge is -2.00. The zero-order valence-corrected chi connectivity index (χ0v) is 8.25. The number of rotatable bonds is 4. The molecule has 1 aromatic carbocycles. The van der Waals surface area contributed by atoms with Crippen molar-refractivity contribution < 1.29 is 22.8 Å². The van der Waals surface area contributed by atoms with E-state index in [2.05, 4.69) is 4.18 Å². The van der Waals surface area contributed by atoms with Gasteiger partial charge in [0.1, 0.15) is 0 Å². The summed E-state index contributed by atoms with van der Waals surface area (Å²) in [6.07, 6.45) is 0. The van der Waals surface area contributed by atoms with Crippen LogP contribution in [0, 0.1) is 20.2 Å². The van der Waals surface area contributed by atoms with Crippen molar-refractivity contribution in [1.82, 2.24) is 0 Å². The molecule has 0 radical (unpaired) electrons. The van der Waals surface area contributed by atoms with Crippen molar-refractivity contribution >= 4 is 22.7 Å². The van der Waals surface area contributed by atoms with E-state index in [-0.39, 0.29) is 0 Å². The molecule has 1 aromatic rings. The predicted octanol–water partition coefficient (Wildman–Crippen LogP) is 1.02. The van der Waals surface area contributed by atoms with E-state index in [0.717, 1.165) is 12.1 Å². The molecular formula is C6H4N2O7S. The van der Waals surface area contributed by atoms with Crippen LogP contribution in [0.5, 0.6) is 5.75 Å². The molecule has 0 spiro atoms. The van der Waals surface area contributed by atoms with Gasteiger partial charge in [-0.1, -0.05) is 0 Å². The Labute approximate surface area is 90.4 Å². The molecule has 0 heterocycles. The van der Waals surface area contributed by atoms with Crippen LogP contribution < -0.4 is 4.18 Å². The first-order valence-electron chi connectivity index (χ1n) is 3.64. The predicted molar refractivity (Wildman–Crippen MR) is 51.1 cm³/mol. The van der Waals surface area contributed by atoms with E-state index in [0.29, 0.717) is 6.07 Å². The molecule has 16 heavy (non-hydrogen) atoms. The Kier molecular flexibility index (Phi) is 3.48. The normalized spacial score (nSPS) is 11.8. The molecule has 1 unspecified atom stereocenters. The van der Waals surface area contributed by atoms with E-state index in [1.807, 2.05) is 0 Å². The van der Waals surface area contributed by atoms with E-state index >= 15 is 0 Å². The van der Waals surface area contributed by atoms with Crippen molar-refractivity contribution in [2.75, 3.05) is 0 Å². The lowest BCUT2D eigenvalue weighted by Crippen LogP contribution is -2.01. The van der Waals surface area contributed by atoms with Gasteiger partial charge in [0.05, 0.1) is 15.9 Å². The number of benzene rings is 1. The molecule has 9 nitrogen and oxygen atoms in total. The summed E-state index contributed by atoms with van der Waals surface area (Å²) in [5, 5.41) is 20.8. The third-order valence-corrected chi connectivity index (χ3v) is 1.83. The Balaban J connectivity index is 3.24. The van der Waals surface area contributed by atoms with Gasteiger partial charge < -0.3 is 4.18 Å². The van der Waals surface area contributed by atoms with Gasteiger partial charge >= 0.3 is 17.0 Å². The molecule has 0 aliphatic rings. The fraction of sp³-hybridized carbons (Fsp3) is 0. The molecular weight excluding hydrogens is 244 g/mol. The zero-order chi connectivity index (χ0) is 12.3. The van der Waals surface area contributed by atoms with Crippen molar-refractivity contribution in [3.05, 3.63) is 38.4 Å². The Morgan fingerprint density at radius 1 is 1.25 bits per heavy atom. The highest BCUT2D eigenvalue weighted by atomic mass is 32.2. The Morgan fingerprint density at radius 3 is 2.31 bits per heavy atom. The zero-order valence-electron chi connectivity index (χ0n) is 7.43. The minimum atomic E-state index is -2.73. The Bertz CT molecular complexity index is 474. The quantitative estimate of drug-likeness (QED) is 0.477. The summed E-state index contributed by atoms with van der Waals surface area (Å²) in [4.78, 5) is 19.1. The van der Waals surface area contributed by atoms with Crippen molar-refractivity contribution in [1.29, 1.82) is 0 Å². The van der Waals surface area contributed by atoms with Crippen molar-refractivity contribution in [2.45, 2.75) is 0 Å². The summed E-state index contributed by atoms with van der Waals surface area (Å²) >= 11 is -2.73. The first-order valence-corrected chi connectivity index (χ1v) is 4.67. The maximum atomic E-state index is 10.5. The minimum Gasteiger partial charge on any atom is -0.373 e. The molecule has 0 bridgehead atoms. The highest BCUT2D eigenvalue weighted by Crippen LogP contribution is 2.31. The topological polar surface area (TPSA) is 133 Å². The molecule has 0 saturated heterocycles. The molecule has 0 fully saturated rings. The molecule has 1 atom stereocenters. The maximum Gasteiger partial charge on any atom is 0.357 e. The first kappa shape index (κ1) is 12.0. The van der Waals surface area contributed by atoms with Crippen LogP contribution in [0.4, 0.5) is 11.4 Å². The van der Waals surface area contributed by atoms with Crippen molar-refractivity contribution in [2.24, 2.45) is 0 Å². The Morgan fingerprint density at radius 2 is 1.88 bits per heavy atom. The van der Waals surface area contributed by atoms with Crippen LogP contribution in [0.1, 0.15) is 0 Å². The van der Waals surface area contributed by atoms with Gasteiger partial charge in [-0.2, -0.15) is 4.21 Å². The van der Waals surface area contributed by atoms with Crippen LogP contribution in [0.25, 0.3) is 0 Å². The third-order valence-electron chi connectivity index (χ3n) is 1.51. The van der Waals surface area contributed by atoms with Gasteiger partial charge in [0.25, 0.3) is 5.69 Å². The van der Waals surface area contributed by atoms with Crippen LogP contribution in [0.2, 0.25) is 0 Å². The van der Waals surface area contributed by atoms with Gasteiger partial charge in [0.15, 0.2) is 0 Å². The molecule has 1 rings (SSSR count). The standard InChI is InChI=1S/C6H4N2O7S/c9-7(10)4-1-2-6(15-16(13)14)5(3-4)8(11)12/h1-3H,(H,13,14). The van der Waals surface area contributed by atoms with Gasteiger partial charge in [-0.15, -0.1) is 0 Å². The summed E-state index contributed by atoms with van der Waals surface area (Å²) in [6.45, 7) is 0. The molecule has 0 aliphatic carbocycles. The van der Waals surface area contributed by atoms with E-state index in [1.165, 1.54) is 0 Å². The van der Waals surface area contributed by atoms with E-state index in [4.69, 9.17) is 4.55 Å². The SMILES string of the molecule is O=[N+]([O-])c1ccc(OS(=O)O)c([N+](=O)[O-])c1. The summed E-state index contributed by atoms with van der Waals surface area (Å²) in [7, 11) is 0. The van der Waals surface area contributed by atoms with E-state index < -0.39 is 38.3 Å². The second-order valence-electron chi connectivity index (χ2n) is 2.47. The van der Waals surface area contributed by atoms with Gasteiger partial charge in [0, 0.05) is 6.07 Å². The summed E-state index contributed by atoms with van der Waals surface area (Å²) in [5.74, 6) is -0.517. The van der Waals surface area contributed by atoms with E-state index in [1.54, 1.807) is 0 Å². The largest absolute Gasteiger partial charge is 0.373 e. The molecule has 0 aliphatic heterocycles. The van der Waals surface area contributed by atoms with E-state index in [9.17, 15) is 24.4 Å². The summed E-state index contributed by atoms with van der Waals surface area (Å²) < 4.78 is 22.9. The molecule has 0 aromatic heterocycles. The highest BCUT2D eigenvalue weighted by Gasteiger charge is 2.21. The average Bonchev–Trinajstić information content (AvgIpc) is 2.16.